The monoisotopic (exact) mass is 316 g/mol. The van der Waals surface area contributed by atoms with E-state index < -0.39 is 11.5 Å². The van der Waals surface area contributed by atoms with E-state index in [0.29, 0.717) is 0 Å². The van der Waals surface area contributed by atoms with Gasteiger partial charge in [-0.2, -0.15) is 15.8 Å². The highest BCUT2D eigenvalue weighted by atomic mass is 35.5. The normalized spacial score (nSPS) is 8.86. The maximum absolute atomic E-state index is 11.1. The van der Waals surface area contributed by atoms with E-state index in [1.807, 2.05) is 0 Å². The minimum Gasteiger partial charge on any atom is -0.493 e. The van der Waals surface area contributed by atoms with E-state index in [2.05, 4.69) is 5.32 Å². The van der Waals surface area contributed by atoms with E-state index in [-0.39, 0.29) is 34.3 Å². The van der Waals surface area contributed by atoms with E-state index in [4.69, 9.17) is 37.2 Å². The predicted octanol–water partition coefficient (Wildman–Crippen LogP) is 2.67. The van der Waals surface area contributed by atoms with Gasteiger partial charge in [0.25, 0.3) is 0 Å². The molecule has 0 aliphatic rings. The molecule has 0 bridgehead atoms. The number of benzene rings is 1. The Hall–Kier alpha value is -3.21. The topological polar surface area (TPSA) is 130 Å². The number of aromatic carboxylic acids is 1. The molecule has 0 saturated carbocycles. The number of halogens is 1. The van der Waals surface area contributed by atoms with Gasteiger partial charge in [-0.25, -0.2) is 4.79 Å². The minimum absolute atomic E-state index is 0.00355. The summed E-state index contributed by atoms with van der Waals surface area (Å²) in [6.07, 6.45) is 0. The molecular formula is C14H9ClN4O3. The van der Waals surface area contributed by atoms with Gasteiger partial charge in [-0.3, -0.25) is 0 Å². The molecule has 1 rings (SSSR count). The molecule has 0 amide bonds. The first-order chi connectivity index (χ1) is 10.5. The molecule has 0 aliphatic heterocycles. The quantitative estimate of drug-likeness (QED) is 0.798. The first kappa shape index (κ1) is 16.8. The van der Waals surface area contributed by atoms with Gasteiger partial charge in [0.2, 0.25) is 0 Å². The molecule has 0 heterocycles. The zero-order valence-corrected chi connectivity index (χ0v) is 12.1. The highest BCUT2D eigenvalue weighted by Gasteiger charge is 2.17. The maximum Gasteiger partial charge on any atom is 0.339 e. The summed E-state index contributed by atoms with van der Waals surface area (Å²) in [7, 11) is 0. The summed E-state index contributed by atoms with van der Waals surface area (Å²) in [6.45, 7) is 1.90. The summed E-state index contributed by atoms with van der Waals surface area (Å²) in [5, 5.41) is 38.2. The summed E-state index contributed by atoms with van der Waals surface area (Å²) in [4.78, 5) is 11.1. The summed E-state index contributed by atoms with van der Waals surface area (Å²) in [6, 6.07) is 7.28. The molecule has 0 aromatic heterocycles. The van der Waals surface area contributed by atoms with E-state index in [0.717, 1.165) is 6.07 Å². The van der Waals surface area contributed by atoms with Crippen molar-refractivity contribution < 1.29 is 14.6 Å². The van der Waals surface area contributed by atoms with Crippen LogP contribution in [0.15, 0.2) is 23.4 Å². The van der Waals surface area contributed by atoms with Crippen LogP contribution in [0.4, 0.5) is 5.69 Å². The molecule has 0 spiro atoms. The Kier molecular flexibility index (Phi) is 5.77. The van der Waals surface area contributed by atoms with Gasteiger partial charge in [-0.05, 0) is 13.0 Å². The van der Waals surface area contributed by atoms with E-state index in [1.54, 1.807) is 25.1 Å². The first-order valence-corrected chi connectivity index (χ1v) is 6.27. The lowest BCUT2D eigenvalue weighted by molar-refractivity contribution is 0.0692. The van der Waals surface area contributed by atoms with Gasteiger partial charge < -0.3 is 15.2 Å². The fourth-order valence-electron chi connectivity index (χ4n) is 1.51. The third-order valence-corrected chi connectivity index (χ3v) is 2.76. The Morgan fingerprint density at radius 1 is 1.32 bits per heavy atom. The summed E-state index contributed by atoms with van der Waals surface area (Å²) >= 11 is 5.96. The van der Waals surface area contributed by atoms with Crippen LogP contribution in [0.3, 0.4) is 0 Å². The second-order valence-electron chi connectivity index (χ2n) is 3.78. The molecular weight excluding hydrogens is 308 g/mol. The van der Waals surface area contributed by atoms with Gasteiger partial charge in [0, 0.05) is 6.07 Å². The number of nitriles is 3. The number of ether oxygens (including phenoxy) is 1. The van der Waals surface area contributed by atoms with Crippen LogP contribution in [0.1, 0.15) is 17.3 Å². The average Bonchev–Trinajstić information content (AvgIpc) is 2.49. The van der Waals surface area contributed by atoms with E-state index in [1.165, 1.54) is 6.07 Å². The number of anilines is 1. The van der Waals surface area contributed by atoms with Crippen molar-refractivity contribution in [3.63, 3.8) is 0 Å². The first-order valence-electron chi connectivity index (χ1n) is 5.89. The number of allylic oxidation sites excluding steroid dienone is 2. The number of nitrogens with zero attached hydrogens (tertiary/aromatic N) is 3. The highest BCUT2D eigenvalue weighted by molar-refractivity contribution is 6.33. The number of rotatable bonds is 5. The smallest absolute Gasteiger partial charge is 0.339 e. The number of carboxylic acid groups (broad SMARTS) is 1. The SMILES string of the molecule is CCOc1cc(NC(C#N)=C(C#N)C#N)c(Cl)cc1C(=O)O. The molecule has 0 aliphatic carbocycles. The van der Waals surface area contributed by atoms with Crippen molar-refractivity contribution in [2.45, 2.75) is 6.92 Å². The molecule has 0 fully saturated rings. The Labute approximate surface area is 131 Å². The maximum atomic E-state index is 11.1. The molecule has 110 valence electrons. The molecule has 7 nitrogen and oxygen atoms in total. The zero-order valence-electron chi connectivity index (χ0n) is 11.3. The number of carboxylic acids is 1. The second-order valence-corrected chi connectivity index (χ2v) is 4.18. The molecule has 1 aromatic carbocycles. The lowest BCUT2D eigenvalue weighted by atomic mass is 10.1. The van der Waals surface area contributed by atoms with Crippen molar-refractivity contribution in [2.75, 3.05) is 11.9 Å². The molecule has 0 saturated heterocycles. The number of carbonyl (C=O) groups is 1. The third-order valence-electron chi connectivity index (χ3n) is 2.44. The van der Waals surface area contributed by atoms with Crippen LogP contribution in [0, 0.1) is 34.0 Å². The van der Waals surface area contributed by atoms with Gasteiger partial charge in [0.15, 0.2) is 5.57 Å². The standard InChI is InChI=1S/C14H9ClN4O3/c1-2-22-13-4-11(10(15)3-9(13)14(20)21)19-12(7-18)8(5-16)6-17/h3-4,19H,2H2,1H3,(H,20,21). The van der Waals surface area contributed by atoms with Crippen molar-refractivity contribution >= 4 is 23.3 Å². The second kappa shape index (κ2) is 7.54. The van der Waals surface area contributed by atoms with Crippen molar-refractivity contribution in [1.82, 2.24) is 0 Å². The molecule has 22 heavy (non-hydrogen) atoms. The average molecular weight is 317 g/mol. The molecule has 0 unspecified atom stereocenters. The van der Waals surface area contributed by atoms with Crippen LogP contribution in [0.5, 0.6) is 5.75 Å². The Morgan fingerprint density at radius 2 is 1.95 bits per heavy atom. The molecule has 0 atom stereocenters. The minimum atomic E-state index is -1.22. The van der Waals surface area contributed by atoms with Crippen LogP contribution in [-0.4, -0.2) is 17.7 Å². The number of hydrogen-bond donors (Lipinski definition) is 2. The van der Waals surface area contributed by atoms with Crippen molar-refractivity contribution in [2.24, 2.45) is 0 Å². The van der Waals surface area contributed by atoms with Crippen molar-refractivity contribution in [3.05, 3.63) is 34.0 Å². The highest BCUT2D eigenvalue weighted by Crippen LogP contribution is 2.32. The number of nitrogens with one attached hydrogen (secondary N) is 1. The van der Waals surface area contributed by atoms with Crippen LogP contribution >= 0.6 is 11.6 Å². The largest absolute Gasteiger partial charge is 0.493 e. The van der Waals surface area contributed by atoms with Crippen molar-refractivity contribution in [1.29, 1.82) is 15.8 Å². The van der Waals surface area contributed by atoms with Crippen LogP contribution in [0.2, 0.25) is 5.02 Å². The summed E-state index contributed by atoms with van der Waals surface area (Å²) in [5.74, 6) is -1.17. The fraction of sp³-hybridized carbons (Fsp3) is 0.143. The molecule has 8 heteroatoms. The summed E-state index contributed by atoms with van der Waals surface area (Å²) in [5.41, 5.74) is -0.702. The fourth-order valence-corrected chi connectivity index (χ4v) is 1.72. The zero-order chi connectivity index (χ0) is 16.7. The lowest BCUT2D eigenvalue weighted by Crippen LogP contribution is -2.06. The van der Waals surface area contributed by atoms with Gasteiger partial charge in [0.1, 0.15) is 35.2 Å². The van der Waals surface area contributed by atoms with Gasteiger partial charge in [0.05, 0.1) is 17.3 Å². The lowest BCUT2D eigenvalue weighted by Gasteiger charge is -2.12. The van der Waals surface area contributed by atoms with E-state index in [9.17, 15) is 4.79 Å². The van der Waals surface area contributed by atoms with E-state index >= 15 is 0 Å². The van der Waals surface area contributed by atoms with Crippen LogP contribution in [0.25, 0.3) is 0 Å². The Bertz CT molecular complexity index is 750. The Morgan fingerprint density at radius 3 is 2.41 bits per heavy atom. The van der Waals surface area contributed by atoms with Crippen LogP contribution in [-0.2, 0) is 0 Å². The van der Waals surface area contributed by atoms with Crippen molar-refractivity contribution in [3.8, 4) is 24.0 Å². The third kappa shape index (κ3) is 3.67. The molecule has 2 N–H and O–H groups in total. The molecule has 1 aromatic rings. The van der Waals surface area contributed by atoms with Gasteiger partial charge in [-0.1, -0.05) is 11.6 Å². The summed E-state index contributed by atoms with van der Waals surface area (Å²) < 4.78 is 5.21. The Balaban J connectivity index is 3.39. The van der Waals surface area contributed by atoms with Crippen LogP contribution < -0.4 is 10.1 Å². The molecule has 0 radical (unpaired) electrons. The number of hydrogen-bond acceptors (Lipinski definition) is 6. The van der Waals surface area contributed by atoms with Gasteiger partial charge >= 0.3 is 5.97 Å². The van der Waals surface area contributed by atoms with Gasteiger partial charge in [-0.15, -0.1) is 0 Å². The predicted molar refractivity (Wildman–Crippen MR) is 77.1 cm³/mol.